The Balaban J connectivity index is 2.84. The number of hydrogen-bond donors (Lipinski definition) is 2. The van der Waals surface area contributed by atoms with Gasteiger partial charge in [-0.25, -0.2) is 15.4 Å². The van der Waals surface area contributed by atoms with Crippen molar-refractivity contribution < 1.29 is 0 Å². The molecular weight excluding hydrogens is 176 g/mol. The zero-order valence-electron chi connectivity index (χ0n) is 8.99. The van der Waals surface area contributed by atoms with Crippen LogP contribution < -0.4 is 11.3 Å². The highest BCUT2D eigenvalue weighted by Crippen LogP contribution is 2.19. The molecule has 0 saturated carbocycles. The second-order valence-corrected chi connectivity index (χ2v) is 3.65. The van der Waals surface area contributed by atoms with E-state index >= 15 is 0 Å². The summed E-state index contributed by atoms with van der Waals surface area (Å²) < 4.78 is 0. The van der Waals surface area contributed by atoms with E-state index in [1.807, 2.05) is 19.3 Å². The first-order valence-corrected chi connectivity index (χ1v) is 4.93. The normalized spacial score (nSPS) is 15.1. The predicted octanol–water partition coefficient (Wildman–Crippen LogP) is 1.34. The number of aromatic nitrogens is 2. The monoisotopic (exact) mass is 194 g/mol. The van der Waals surface area contributed by atoms with Crippen LogP contribution in [0.25, 0.3) is 0 Å². The Bertz CT molecular complexity index is 270. The fraction of sp³-hybridized carbons (Fsp3) is 0.600. The average Bonchev–Trinajstić information content (AvgIpc) is 2.21. The van der Waals surface area contributed by atoms with Gasteiger partial charge >= 0.3 is 0 Å². The Morgan fingerprint density at radius 1 is 1.43 bits per heavy atom. The smallest absolute Gasteiger partial charge is 0.146 e. The maximum atomic E-state index is 5.49. The van der Waals surface area contributed by atoms with Crippen molar-refractivity contribution in [2.45, 2.75) is 33.2 Å². The number of hydrazine groups is 1. The third-order valence-corrected chi connectivity index (χ3v) is 2.47. The zero-order chi connectivity index (χ0) is 10.6. The molecule has 1 heterocycles. The molecule has 0 saturated heterocycles. The lowest BCUT2D eigenvalue weighted by atomic mass is 9.99. The second-order valence-electron chi connectivity index (χ2n) is 3.65. The summed E-state index contributed by atoms with van der Waals surface area (Å²) in [5.41, 5.74) is 3.83. The lowest BCUT2D eigenvalue weighted by molar-refractivity contribution is 0.367. The van der Waals surface area contributed by atoms with Crippen LogP contribution in [-0.2, 0) is 0 Å². The Hall–Kier alpha value is -1.00. The number of hydrogen-bond acceptors (Lipinski definition) is 4. The lowest BCUT2D eigenvalue weighted by Gasteiger charge is -2.20. The molecular formula is C10H18N4. The van der Waals surface area contributed by atoms with Crippen LogP contribution in [0.5, 0.6) is 0 Å². The van der Waals surface area contributed by atoms with Crippen molar-refractivity contribution in [3.05, 3.63) is 23.8 Å². The molecule has 1 rings (SSSR count). The fourth-order valence-corrected chi connectivity index (χ4v) is 1.29. The van der Waals surface area contributed by atoms with Crippen LogP contribution in [0.3, 0.4) is 0 Å². The van der Waals surface area contributed by atoms with Crippen LogP contribution in [0.4, 0.5) is 0 Å². The van der Waals surface area contributed by atoms with Gasteiger partial charge in [0.2, 0.25) is 0 Å². The molecule has 0 amide bonds. The summed E-state index contributed by atoms with van der Waals surface area (Å²) in [6.45, 7) is 6.23. The fourth-order valence-electron chi connectivity index (χ4n) is 1.29. The minimum Gasteiger partial charge on any atom is -0.271 e. The molecule has 2 unspecified atom stereocenters. The van der Waals surface area contributed by atoms with Crippen molar-refractivity contribution in [1.29, 1.82) is 0 Å². The van der Waals surface area contributed by atoms with Gasteiger partial charge in [-0.05, 0) is 18.4 Å². The summed E-state index contributed by atoms with van der Waals surface area (Å²) >= 11 is 0. The number of rotatable bonds is 4. The van der Waals surface area contributed by atoms with Crippen molar-refractivity contribution in [2.75, 3.05) is 0 Å². The molecule has 0 aliphatic carbocycles. The SMILES string of the molecule is CCC(C)C(NN)c1ncc(C)cn1. The van der Waals surface area contributed by atoms with Crippen molar-refractivity contribution in [3.63, 3.8) is 0 Å². The van der Waals surface area contributed by atoms with E-state index in [2.05, 4.69) is 29.2 Å². The Kier molecular flexibility index (Phi) is 3.98. The molecule has 14 heavy (non-hydrogen) atoms. The number of nitrogens with zero attached hydrogens (tertiary/aromatic N) is 2. The van der Waals surface area contributed by atoms with Gasteiger partial charge in [-0.1, -0.05) is 20.3 Å². The van der Waals surface area contributed by atoms with Crippen molar-refractivity contribution >= 4 is 0 Å². The molecule has 0 aliphatic rings. The topological polar surface area (TPSA) is 63.8 Å². The molecule has 0 radical (unpaired) electrons. The minimum atomic E-state index is 0.0422. The molecule has 78 valence electrons. The van der Waals surface area contributed by atoms with Crippen molar-refractivity contribution in [3.8, 4) is 0 Å². The quantitative estimate of drug-likeness (QED) is 0.560. The molecule has 0 fully saturated rings. The van der Waals surface area contributed by atoms with Gasteiger partial charge in [-0.3, -0.25) is 5.84 Å². The first-order valence-electron chi connectivity index (χ1n) is 4.93. The van der Waals surface area contributed by atoms with E-state index in [4.69, 9.17) is 5.84 Å². The first kappa shape index (κ1) is 11.1. The van der Waals surface area contributed by atoms with E-state index in [0.717, 1.165) is 17.8 Å². The maximum Gasteiger partial charge on any atom is 0.146 e. The van der Waals surface area contributed by atoms with Gasteiger partial charge in [-0.15, -0.1) is 0 Å². The molecule has 1 aromatic heterocycles. The lowest BCUT2D eigenvalue weighted by Crippen LogP contribution is -2.33. The van der Waals surface area contributed by atoms with Gasteiger partial charge in [0.25, 0.3) is 0 Å². The van der Waals surface area contributed by atoms with Crippen LogP contribution >= 0.6 is 0 Å². The van der Waals surface area contributed by atoms with Crippen molar-refractivity contribution in [1.82, 2.24) is 15.4 Å². The van der Waals surface area contributed by atoms with E-state index in [1.165, 1.54) is 0 Å². The summed E-state index contributed by atoms with van der Waals surface area (Å²) in [5, 5.41) is 0. The van der Waals surface area contributed by atoms with Gasteiger partial charge in [-0.2, -0.15) is 0 Å². The minimum absolute atomic E-state index is 0.0422. The van der Waals surface area contributed by atoms with E-state index in [1.54, 1.807) is 0 Å². The van der Waals surface area contributed by atoms with Gasteiger partial charge in [0.05, 0.1) is 6.04 Å². The van der Waals surface area contributed by atoms with Crippen LogP contribution in [0.15, 0.2) is 12.4 Å². The Labute approximate surface area is 84.9 Å². The van der Waals surface area contributed by atoms with Crippen LogP contribution in [0.1, 0.15) is 37.7 Å². The first-order chi connectivity index (χ1) is 6.69. The molecule has 0 aliphatic heterocycles. The summed E-state index contributed by atoms with van der Waals surface area (Å²) in [4.78, 5) is 8.53. The molecule has 2 atom stereocenters. The average molecular weight is 194 g/mol. The molecule has 3 N–H and O–H groups in total. The summed E-state index contributed by atoms with van der Waals surface area (Å²) in [7, 11) is 0. The molecule has 0 spiro atoms. The molecule has 4 heteroatoms. The molecule has 1 aromatic rings. The van der Waals surface area contributed by atoms with Gasteiger partial charge in [0.1, 0.15) is 5.82 Å². The van der Waals surface area contributed by atoms with Crippen LogP contribution in [-0.4, -0.2) is 9.97 Å². The van der Waals surface area contributed by atoms with E-state index in [0.29, 0.717) is 5.92 Å². The summed E-state index contributed by atoms with van der Waals surface area (Å²) in [6.07, 6.45) is 4.68. The van der Waals surface area contributed by atoms with Crippen LogP contribution in [0.2, 0.25) is 0 Å². The standard InChI is InChI=1S/C10H18N4/c1-4-8(3)9(14-11)10-12-5-7(2)6-13-10/h5-6,8-9,14H,4,11H2,1-3H3. The van der Waals surface area contributed by atoms with E-state index < -0.39 is 0 Å². The number of nitrogens with one attached hydrogen (secondary N) is 1. The van der Waals surface area contributed by atoms with E-state index in [-0.39, 0.29) is 6.04 Å². The Morgan fingerprint density at radius 3 is 2.43 bits per heavy atom. The number of aryl methyl sites for hydroxylation is 1. The Morgan fingerprint density at radius 2 is 2.00 bits per heavy atom. The van der Waals surface area contributed by atoms with Gasteiger partial charge in [0.15, 0.2) is 0 Å². The molecule has 0 aromatic carbocycles. The summed E-state index contributed by atoms with van der Waals surface area (Å²) in [6, 6.07) is 0.0422. The van der Waals surface area contributed by atoms with Crippen molar-refractivity contribution in [2.24, 2.45) is 11.8 Å². The third-order valence-electron chi connectivity index (χ3n) is 2.47. The van der Waals surface area contributed by atoms with E-state index in [9.17, 15) is 0 Å². The van der Waals surface area contributed by atoms with Gasteiger partial charge < -0.3 is 0 Å². The predicted molar refractivity (Wildman–Crippen MR) is 56.3 cm³/mol. The maximum absolute atomic E-state index is 5.49. The summed E-state index contributed by atoms with van der Waals surface area (Å²) in [5.74, 6) is 6.69. The second kappa shape index (κ2) is 5.02. The third kappa shape index (κ3) is 2.49. The number of nitrogens with two attached hydrogens (primary N) is 1. The molecule has 0 bridgehead atoms. The van der Waals surface area contributed by atoms with Crippen LogP contribution in [0, 0.1) is 12.8 Å². The zero-order valence-corrected chi connectivity index (χ0v) is 8.99. The molecule has 4 nitrogen and oxygen atoms in total. The largest absolute Gasteiger partial charge is 0.271 e. The highest BCUT2D eigenvalue weighted by atomic mass is 15.2. The highest BCUT2D eigenvalue weighted by Gasteiger charge is 2.18. The highest BCUT2D eigenvalue weighted by molar-refractivity contribution is 5.05. The van der Waals surface area contributed by atoms with Gasteiger partial charge in [0, 0.05) is 12.4 Å².